The van der Waals surface area contributed by atoms with E-state index in [-0.39, 0.29) is 18.3 Å². The van der Waals surface area contributed by atoms with Crippen LogP contribution in [0.4, 0.5) is 11.8 Å². The molecule has 1 rings (SSSR count). The number of methoxy groups -OCH3 is 2. The molecule has 0 aliphatic heterocycles. The molecule has 1 aromatic rings. The number of carbonyl (C=O) groups is 1. The van der Waals surface area contributed by atoms with E-state index < -0.39 is 0 Å². The lowest BCUT2D eigenvalue weighted by Gasteiger charge is -2.23. The maximum absolute atomic E-state index is 11.2. The van der Waals surface area contributed by atoms with Gasteiger partial charge in [0.1, 0.15) is 5.82 Å². The smallest absolute Gasteiger partial charge is 0.307 e. The molecule has 0 spiro atoms. The number of esters is 1. The normalized spacial score (nSPS) is 10.3. The second-order valence-electron chi connectivity index (χ2n) is 4.03. The number of hydrogen-bond acceptors (Lipinski definition) is 7. The predicted molar refractivity (Wildman–Crippen MR) is 71.9 cm³/mol. The molecule has 0 atom stereocenters. The van der Waals surface area contributed by atoms with Gasteiger partial charge in [0.25, 0.3) is 0 Å². The summed E-state index contributed by atoms with van der Waals surface area (Å²) in [5.41, 5.74) is 6.42. The van der Waals surface area contributed by atoms with Crippen molar-refractivity contribution in [2.75, 3.05) is 44.5 Å². The number of carbonyl (C=O) groups excluding carboxylic acids is 1. The van der Waals surface area contributed by atoms with Gasteiger partial charge in [0.05, 0.1) is 20.1 Å². The zero-order chi connectivity index (χ0) is 14.3. The highest BCUT2D eigenvalue weighted by atomic mass is 16.5. The Morgan fingerprint density at radius 2 is 2.11 bits per heavy atom. The minimum atomic E-state index is -0.263. The van der Waals surface area contributed by atoms with Crippen LogP contribution >= 0.6 is 0 Å². The second-order valence-corrected chi connectivity index (χ2v) is 4.03. The predicted octanol–water partition coefficient (Wildman–Crippen LogP) is 0.383. The molecule has 0 radical (unpaired) electrons. The minimum absolute atomic E-state index is 0.218. The van der Waals surface area contributed by atoms with Gasteiger partial charge in [0.15, 0.2) is 0 Å². The third-order valence-corrected chi connectivity index (χ3v) is 2.56. The van der Waals surface area contributed by atoms with Crippen molar-refractivity contribution in [2.24, 2.45) is 0 Å². The summed E-state index contributed by atoms with van der Waals surface area (Å²) in [6.45, 7) is 3.48. The SMILES string of the molecule is COCCN(CCC(=O)OC)c1cc(C)nc(N)n1. The summed E-state index contributed by atoms with van der Waals surface area (Å²) >= 11 is 0. The zero-order valence-corrected chi connectivity index (χ0v) is 11.5. The highest BCUT2D eigenvalue weighted by Crippen LogP contribution is 2.13. The summed E-state index contributed by atoms with van der Waals surface area (Å²) in [6, 6.07) is 1.82. The molecule has 0 fully saturated rings. The van der Waals surface area contributed by atoms with Crippen LogP contribution in [0.5, 0.6) is 0 Å². The Kier molecular flexibility index (Phi) is 6.01. The third-order valence-electron chi connectivity index (χ3n) is 2.56. The monoisotopic (exact) mass is 268 g/mol. The summed E-state index contributed by atoms with van der Waals surface area (Å²) < 4.78 is 9.69. The molecule has 1 aromatic heterocycles. The lowest BCUT2D eigenvalue weighted by Crippen LogP contribution is -2.31. The number of anilines is 2. The van der Waals surface area contributed by atoms with E-state index in [4.69, 9.17) is 10.5 Å². The molecule has 0 saturated heterocycles. The molecule has 7 nitrogen and oxygen atoms in total. The van der Waals surface area contributed by atoms with Gasteiger partial charge in [0, 0.05) is 32.0 Å². The Hall–Kier alpha value is -1.89. The van der Waals surface area contributed by atoms with Gasteiger partial charge in [-0.3, -0.25) is 4.79 Å². The average molecular weight is 268 g/mol. The average Bonchev–Trinajstić information content (AvgIpc) is 2.37. The molecule has 0 unspecified atom stereocenters. The summed E-state index contributed by atoms with van der Waals surface area (Å²) in [4.78, 5) is 21.3. The van der Waals surface area contributed by atoms with Crippen LogP contribution in [-0.2, 0) is 14.3 Å². The molecule has 0 amide bonds. The van der Waals surface area contributed by atoms with E-state index in [0.29, 0.717) is 25.5 Å². The standard InChI is InChI=1S/C12H20N4O3/c1-9-8-10(15-12(13)14-9)16(6-7-18-2)5-4-11(17)19-3/h8H,4-7H2,1-3H3,(H2,13,14,15). The number of rotatable bonds is 7. The van der Waals surface area contributed by atoms with Gasteiger partial charge in [-0.15, -0.1) is 0 Å². The number of nitrogens with two attached hydrogens (primary N) is 1. The van der Waals surface area contributed by atoms with Crippen LogP contribution in [0.3, 0.4) is 0 Å². The Morgan fingerprint density at radius 1 is 1.37 bits per heavy atom. The van der Waals surface area contributed by atoms with Gasteiger partial charge in [0.2, 0.25) is 5.95 Å². The summed E-state index contributed by atoms with van der Waals surface area (Å²) in [6.07, 6.45) is 0.281. The first-order chi connectivity index (χ1) is 9.06. The van der Waals surface area contributed by atoms with Crippen molar-refractivity contribution in [3.05, 3.63) is 11.8 Å². The van der Waals surface area contributed by atoms with E-state index >= 15 is 0 Å². The molecule has 0 aromatic carbocycles. The Labute approximate surface area is 112 Å². The van der Waals surface area contributed by atoms with E-state index in [0.717, 1.165) is 5.69 Å². The molecular formula is C12H20N4O3. The molecule has 0 bridgehead atoms. The first-order valence-electron chi connectivity index (χ1n) is 5.98. The first-order valence-corrected chi connectivity index (χ1v) is 5.98. The van der Waals surface area contributed by atoms with Crippen molar-refractivity contribution in [2.45, 2.75) is 13.3 Å². The largest absolute Gasteiger partial charge is 0.469 e. The molecule has 0 saturated carbocycles. The topological polar surface area (TPSA) is 90.6 Å². The van der Waals surface area contributed by atoms with Crippen molar-refractivity contribution in [1.82, 2.24) is 9.97 Å². The maximum Gasteiger partial charge on any atom is 0.307 e. The van der Waals surface area contributed by atoms with Crippen LogP contribution in [0, 0.1) is 6.92 Å². The van der Waals surface area contributed by atoms with E-state index in [9.17, 15) is 4.79 Å². The molecule has 1 heterocycles. The fourth-order valence-electron chi connectivity index (χ4n) is 1.61. The van der Waals surface area contributed by atoms with Gasteiger partial charge >= 0.3 is 5.97 Å². The number of nitrogen functional groups attached to an aromatic ring is 1. The van der Waals surface area contributed by atoms with Crippen molar-refractivity contribution < 1.29 is 14.3 Å². The lowest BCUT2D eigenvalue weighted by molar-refractivity contribution is -0.140. The Morgan fingerprint density at radius 3 is 2.68 bits per heavy atom. The first kappa shape index (κ1) is 15.2. The van der Waals surface area contributed by atoms with Crippen molar-refractivity contribution in [3.63, 3.8) is 0 Å². The maximum atomic E-state index is 11.2. The van der Waals surface area contributed by atoms with E-state index in [1.54, 1.807) is 7.11 Å². The van der Waals surface area contributed by atoms with Crippen LogP contribution in [0.1, 0.15) is 12.1 Å². The number of aromatic nitrogens is 2. The van der Waals surface area contributed by atoms with Gasteiger partial charge in [-0.05, 0) is 6.92 Å². The minimum Gasteiger partial charge on any atom is -0.469 e. The van der Waals surface area contributed by atoms with Crippen LogP contribution < -0.4 is 10.6 Å². The summed E-state index contributed by atoms with van der Waals surface area (Å²) in [7, 11) is 2.99. The van der Waals surface area contributed by atoms with Gasteiger partial charge in [-0.25, -0.2) is 4.98 Å². The molecule has 0 aliphatic rings. The van der Waals surface area contributed by atoms with Gasteiger partial charge in [-0.1, -0.05) is 0 Å². The quantitative estimate of drug-likeness (QED) is 0.715. The Bertz CT molecular complexity index is 405. The van der Waals surface area contributed by atoms with Crippen molar-refractivity contribution in [1.29, 1.82) is 0 Å². The van der Waals surface area contributed by atoms with Gasteiger partial charge < -0.3 is 20.1 Å². The van der Waals surface area contributed by atoms with Crippen LogP contribution in [0.2, 0.25) is 0 Å². The highest BCUT2D eigenvalue weighted by Gasteiger charge is 2.12. The van der Waals surface area contributed by atoms with Crippen LogP contribution in [-0.4, -0.2) is 49.9 Å². The van der Waals surface area contributed by atoms with Crippen LogP contribution in [0.25, 0.3) is 0 Å². The molecule has 106 valence electrons. The fourth-order valence-corrected chi connectivity index (χ4v) is 1.61. The molecule has 2 N–H and O–H groups in total. The zero-order valence-electron chi connectivity index (χ0n) is 11.5. The number of nitrogens with zero attached hydrogens (tertiary/aromatic N) is 3. The fraction of sp³-hybridized carbons (Fsp3) is 0.583. The van der Waals surface area contributed by atoms with Gasteiger partial charge in [-0.2, -0.15) is 4.98 Å². The van der Waals surface area contributed by atoms with E-state index in [1.807, 2.05) is 17.9 Å². The Balaban J connectivity index is 2.79. The van der Waals surface area contributed by atoms with Crippen LogP contribution in [0.15, 0.2) is 6.07 Å². The van der Waals surface area contributed by atoms with E-state index in [2.05, 4.69) is 14.7 Å². The van der Waals surface area contributed by atoms with E-state index in [1.165, 1.54) is 7.11 Å². The number of ether oxygens (including phenoxy) is 2. The highest BCUT2D eigenvalue weighted by molar-refractivity contribution is 5.69. The number of hydrogen-bond donors (Lipinski definition) is 1. The second kappa shape index (κ2) is 7.52. The number of aryl methyl sites for hydroxylation is 1. The van der Waals surface area contributed by atoms with Crippen molar-refractivity contribution >= 4 is 17.7 Å². The summed E-state index contributed by atoms with van der Waals surface area (Å²) in [5.74, 6) is 0.641. The van der Waals surface area contributed by atoms with Crippen molar-refractivity contribution in [3.8, 4) is 0 Å². The molecular weight excluding hydrogens is 248 g/mol. The molecule has 19 heavy (non-hydrogen) atoms. The molecule has 7 heteroatoms. The lowest BCUT2D eigenvalue weighted by atomic mass is 10.3. The molecule has 0 aliphatic carbocycles. The third kappa shape index (κ3) is 5.09. The summed E-state index contributed by atoms with van der Waals surface area (Å²) in [5, 5.41) is 0.